The van der Waals surface area contributed by atoms with Crippen LogP contribution in [0.1, 0.15) is 11.1 Å². The van der Waals surface area contributed by atoms with Crippen molar-refractivity contribution in [3.8, 4) is 34.5 Å². The molecule has 2 N–H and O–H groups in total. The van der Waals surface area contributed by atoms with Crippen molar-refractivity contribution >= 4 is 5.97 Å². The van der Waals surface area contributed by atoms with Crippen LogP contribution in [0.25, 0.3) is 0 Å². The highest BCUT2D eigenvalue weighted by Gasteiger charge is 2.43. The SMILES string of the molecule is COc1cc(C(O)(C(=O)O)c2cc(OC)c(OC)c(OC)c2)cc(OC)c1OC. The average Bonchev–Trinajstić information content (AvgIpc) is 2.75. The van der Waals surface area contributed by atoms with Crippen molar-refractivity contribution in [3.63, 3.8) is 0 Å². The van der Waals surface area contributed by atoms with Gasteiger partial charge in [0.25, 0.3) is 0 Å². The van der Waals surface area contributed by atoms with Gasteiger partial charge in [0.15, 0.2) is 23.0 Å². The van der Waals surface area contributed by atoms with Crippen molar-refractivity contribution in [1.29, 1.82) is 0 Å². The Bertz CT molecular complexity index is 778. The van der Waals surface area contributed by atoms with E-state index in [2.05, 4.69) is 0 Å². The monoisotopic (exact) mass is 408 g/mol. The molecule has 0 radical (unpaired) electrons. The summed E-state index contributed by atoms with van der Waals surface area (Å²) in [5.74, 6) is -0.250. The number of aliphatic carboxylic acids is 1. The molecule has 0 aliphatic rings. The molecule has 9 nitrogen and oxygen atoms in total. The predicted molar refractivity (Wildman–Crippen MR) is 103 cm³/mol. The van der Waals surface area contributed by atoms with Crippen molar-refractivity contribution in [2.24, 2.45) is 0 Å². The highest BCUT2D eigenvalue weighted by Crippen LogP contribution is 2.46. The molecule has 0 unspecified atom stereocenters. The largest absolute Gasteiger partial charge is 0.493 e. The van der Waals surface area contributed by atoms with Crippen LogP contribution in [0.2, 0.25) is 0 Å². The van der Waals surface area contributed by atoms with E-state index in [0.717, 1.165) is 0 Å². The third-order valence-electron chi connectivity index (χ3n) is 4.47. The number of methoxy groups -OCH3 is 6. The smallest absolute Gasteiger partial charge is 0.345 e. The van der Waals surface area contributed by atoms with Gasteiger partial charge in [-0.25, -0.2) is 4.79 Å². The molecule has 0 aromatic heterocycles. The Labute approximate surface area is 168 Å². The van der Waals surface area contributed by atoms with E-state index in [0.29, 0.717) is 0 Å². The molecule has 0 fully saturated rings. The lowest BCUT2D eigenvalue weighted by atomic mass is 9.85. The van der Waals surface area contributed by atoms with E-state index in [1.165, 1.54) is 66.9 Å². The van der Waals surface area contributed by atoms with Gasteiger partial charge < -0.3 is 38.6 Å². The Kier molecular flexibility index (Phi) is 6.65. The van der Waals surface area contributed by atoms with Crippen molar-refractivity contribution < 1.29 is 43.4 Å². The van der Waals surface area contributed by atoms with Crippen LogP contribution in [0.5, 0.6) is 34.5 Å². The molecule has 29 heavy (non-hydrogen) atoms. The zero-order valence-corrected chi connectivity index (χ0v) is 17.1. The maximum absolute atomic E-state index is 12.3. The van der Waals surface area contributed by atoms with E-state index < -0.39 is 11.6 Å². The second-order valence-corrected chi connectivity index (χ2v) is 5.84. The number of ether oxygens (including phenoxy) is 6. The zero-order valence-electron chi connectivity index (χ0n) is 17.1. The topological polar surface area (TPSA) is 113 Å². The van der Waals surface area contributed by atoms with Gasteiger partial charge in [-0.15, -0.1) is 0 Å². The quantitative estimate of drug-likeness (QED) is 0.644. The molecule has 0 aliphatic heterocycles. The fraction of sp³-hybridized carbons (Fsp3) is 0.350. The van der Waals surface area contributed by atoms with Crippen LogP contribution in [0, 0.1) is 0 Å². The van der Waals surface area contributed by atoms with Gasteiger partial charge >= 0.3 is 5.97 Å². The molecule has 2 aromatic rings. The molecule has 0 aliphatic carbocycles. The molecule has 0 heterocycles. The average molecular weight is 408 g/mol. The van der Waals surface area contributed by atoms with E-state index in [1.54, 1.807) is 0 Å². The van der Waals surface area contributed by atoms with E-state index in [-0.39, 0.29) is 45.6 Å². The van der Waals surface area contributed by atoms with E-state index in [9.17, 15) is 15.0 Å². The van der Waals surface area contributed by atoms with Crippen LogP contribution < -0.4 is 28.4 Å². The summed E-state index contributed by atoms with van der Waals surface area (Å²) in [4.78, 5) is 12.3. The first-order chi connectivity index (χ1) is 13.8. The lowest BCUT2D eigenvalue weighted by Crippen LogP contribution is -2.37. The summed E-state index contributed by atoms with van der Waals surface area (Å²) < 4.78 is 31.6. The minimum absolute atomic E-state index is 0.0197. The Morgan fingerprint density at radius 3 is 1.10 bits per heavy atom. The van der Waals surface area contributed by atoms with E-state index in [4.69, 9.17) is 28.4 Å². The first-order valence-electron chi connectivity index (χ1n) is 8.38. The van der Waals surface area contributed by atoms with Gasteiger partial charge in [0.2, 0.25) is 17.1 Å². The summed E-state index contributed by atoms with van der Waals surface area (Å²) in [5, 5.41) is 21.3. The molecular formula is C20H24O9. The molecule has 0 atom stereocenters. The molecular weight excluding hydrogens is 384 g/mol. The van der Waals surface area contributed by atoms with E-state index >= 15 is 0 Å². The van der Waals surface area contributed by atoms with Crippen LogP contribution in [-0.4, -0.2) is 58.8 Å². The number of carboxylic acid groups (broad SMARTS) is 1. The van der Waals surface area contributed by atoms with Crippen LogP contribution in [0.15, 0.2) is 24.3 Å². The lowest BCUT2D eigenvalue weighted by Gasteiger charge is -2.27. The van der Waals surface area contributed by atoms with Crippen LogP contribution >= 0.6 is 0 Å². The molecule has 2 aromatic carbocycles. The van der Waals surface area contributed by atoms with Gasteiger partial charge in [-0.05, 0) is 24.3 Å². The van der Waals surface area contributed by atoms with Crippen LogP contribution in [-0.2, 0) is 10.4 Å². The first kappa shape index (κ1) is 22.0. The fourth-order valence-corrected chi connectivity index (χ4v) is 2.99. The van der Waals surface area contributed by atoms with Crippen LogP contribution in [0.3, 0.4) is 0 Å². The number of carboxylic acids is 1. The normalized spacial score (nSPS) is 10.9. The Morgan fingerprint density at radius 2 is 0.931 bits per heavy atom. The van der Waals surface area contributed by atoms with Gasteiger partial charge in [-0.2, -0.15) is 0 Å². The van der Waals surface area contributed by atoms with Gasteiger partial charge in [0.1, 0.15) is 0 Å². The number of benzene rings is 2. The Hall–Kier alpha value is -3.33. The van der Waals surface area contributed by atoms with Crippen molar-refractivity contribution in [3.05, 3.63) is 35.4 Å². The second-order valence-electron chi connectivity index (χ2n) is 5.84. The van der Waals surface area contributed by atoms with Crippen molar-refractivity contribution in [2.75, 3.05) is 42.7 Å². The summed E-state index contributed by atoms with van der Waals surface area (Å²) in [6.45, 7) is 0. The molecule has 158 valence electrons. The molecule has 0 bridgehead atoms. The molecule has 0 amide bonds. The number of rotatable bonds is 9. The Morgan fingerprint density at radius 1 is 0.655 bits per heavy atom. The Balaban J connectivity index is 2.84. The summed E-state index contributed by atoms with van der Waals surface area (Å²) >= 11 is 0. The third kappa shape index (κ3) is 3.68. The molecule has 0 saturated heterocycles. The maximum atomic E-state index is 12.3. The summed E-state index contributed by atoms with van der Waals surface area (Å²) in [6.07, 6.45) is 0. The zero-order chi connectivity index (χ0) is 21.8. The third-order valence-corrected chi connectivity index (χ3v) is 4.47. The molecule has 2 rings (SSSR count). The molecule has 9 heteroatoms. The minimum Gasteiger partial charge on any atom is -0.493 e. The number of hydrogen-bond acceptors (Lipinski definition) is 8. The number of hydrogen-bond donors (Lipinski definition) is 2. The van der Waals surface area contributed by atoms with Crippen molar-refractivity contribution in [1.82, 2.24) is 0 Å². The van der Waals surface area contributed by atoms with Gasteiger partial charge in [-0.1, -0.05) is 0 Å². The second kappa shape index (κ2) is 8.78. The summed E-state index contributed by atoms with van der Waals surface area (Å²) in [5.41, 5.74) is -2.53. The first-order valence-corrected chi connectivity index (χ1v) is 8.38. The van der Waals surface area contributed by atoms with Crippen molar-refractivity contribution in [2.45, 2.75) is 5.60 Å². The van der Waals surface area contributed by atoms with Crippen LogP contribution in [0.4, 0.5) is 0 Å². The van der Waals surface area contributed by atoms with Gasteiger partial charge in [0, 0.05) is 11.1 Å². The summed E-state index contributed by atoms with van der Waals surface area (Å²) in [6, 6.07) is 5.44. The highest BCUT2D eigenvalue weighted by atomic mass is 16.5. The molecule has 0 saturated carbocycles. The van der Waals surface area contributed by atoms with Gasteiger partial charge in [-0.3, -0.25) is 0 Å². The molecule has 0 spiro atoms. The minimum atomic E-state index is -2.49. The predicted octanol–water partition coefficient (Wildman–Crippen LogP) is 2.06. The summed E-state index contributed by atoms with van der Waals surface area (Å²) in [7, 11) is 8.40. The van der Waals surface area contributed by atoms with Gasteiger partial charge in [0.05, 0.1) is 42.7 Å². The number of carbonyl (C=O) groups is 1. The lowest BCUT2D eigenvalue weighted by molar-refractivity contribution is -0.155. The standard InChI is InChI=1S/C20H24O9/c1-24-13-7-11(8-14(25-2)17(13)28-5)20(23,19(21)22)12-9-15(26-3)18(29-6)16(10-12)27-4/h7-10,23H,1-6H3,(H,21,22). The fourth-order valence-electron chi connectivity index (χ4n) is 2.99. The van der Waals surface area contributed by atoms with E-state index in [1.807, 2.05) is 0 Å². The highest BCUT2D eigenvalue weighted by molar-refractivity contribution is 5.85. The number of aliphatic hydroxyl groups is 1. The maximum Gasteiger partial charge on any atom is 0.345 e.